The SMILES string of the molecule is COc1ccc2c3c1C(=O)C(=O)N3C(C)(C)C=C2CBr. The van der Waals surface area contributed by atoms with Crippen molar-refractivity contribution in [2.45, 2.75) is 19.4 Å². The second kappa shape index (κ2) is 4.19. The normalized spacial score (nSPS) is 19.0. The summed E-state index contributed by atoms with van der Waals surface area (Å²) in [5, 5.41) is 0.672. The molecule has 0 atom stereocenters. The average Bonchev–Trinajstić information content (AvgIpc) is 2.69. The number of methoxy groups -OCH3 is 1. The maximum Gasteiger partial charge on any atom is 0.300 e. The van der Waals surface area contributed by atoms with E-state index >= 15 is 0 Å². The molecule has 0 aromatic heterocycles. The predicted molar refractivity (Wildman–Crippen MR) is 80.7 cm³/mol. The molecule has 0 spiro atoms. The Labute approximate surface area is 125 Å². The molecule has 0 bridgehead atoms. The fraction of sp³-hybridized carbons (Fsp3) is 0.333. The molecule has 20 heavy (non-hydrogen) atoms. The first kappa shape index (κ1) is 13.4. The molecular weight excluding hydrogens is 322 g/mol. The molecule has 1 aromatic carbocycles. The minimum atomic E-state index is -0.527. The van der Waals surface area contributed by atoms with Crippen molar-refractivity contribution < 1.29 is 14.3 Å². The fourth-order valence-corrected chi connectivity index (χ4v) is 3.46. The fourth-order valence-electron chi connectivity index (χ4n) is 2.99. The summed E-state index contributed by atoms with van der Waals surface area (Å²) >= 11 is 3.48. The van der Waals surface area contributed by atoms with E-state index in [1.165, 1.54) is 7.11 Å². The monoisotopic (exact) mass is 335 g/mol. The molecule has 5 heteroatoms. The van der Waals surface area contributed by atoms with Crippen molar-refractivity contribution >= 4 is 38.9 Å². The minimum absolute atomic E-state index is 0.384. The van der Waals surface area contributed by atoms with Gasteiger partial charge in [0.15, 0.2) is 0 Å². The first-order valence-corrected chi connectivity index (χ1v) is 7.42. The number of benzene rings is 1. The number of allylic oxidation sites excluding steroid dienone is 1. The first-order chi connectivity index (χ1) is 9.42. The highest BCUT2D eigenvalue weighted by Gasteiger charge is 2.48. The van der Waals surface area contributed by atoms with E-state index in [4.69, 9.17) is 4.74 Å². The van der Waals surface area contributed by atoms with Crippen molar-refractivity contribution in [2.75, 3.05) is 17.3 Å². The van der Waals surface area contributed by atoms with Crippen LogP contribution in [0.25, 0.3) is 5.57 Å². The van der Waals surface area contributed by atoms with Gasteiger partial charge in [0.05, 0.1) is 23.9 Å². The highest BCUT2D eigenvalue weighted by molar-refractivity contribution is 9.09. The van der Waals surface area contributed by atoms with E-state index in [0.717, 1.165) is 11.1 Å². The number of alkyl halides is 1. The Balaban J connectivity index is 2.39. The van der Waals surface area contributed by atoms with E-state index in [2.05, 4.69) is 15.9 Å². The molecule has 3 rings (SSSR count). The Morgan fingerprint density at radius 1 is 1.30 bits per heavy atom. The largest absolute Gasteiger partial charge is 0.496 e. The van der Waals surface area contributed by atoms with E-state index in [-0.39, 0.29) is 0 Å². The van der Waals surface area contributed by atoms with Crippen LogP contribution in [0.1, 0.15) is 29.8 Å². The van der Waals surface area contributed by atoms with E-state index in [9.17, 15) is 9.59 Å². The van der Waals surface area contributed by atoms with Gasteiger partial charge in [0.25, 0.3) is 11.7 Å². The van der Waals surface area contributed by atoms with Crippen LogP contribution in [-0.2, 0) is 4.79 Å². The number of carbonyl (C=O) groups excluding carboxylic acids is 2. The summed E-state index contributed by atoms with van der Waals surface area (Å²) in [5.41, 5.74) is 2.53. The number of hydrogen-bond donors (Lipinski definition) is 0. The van der Waals surface area contributed by atoms with Crippen molar-refractivity contribution in [3.05, 3.63) is 29.3 Å². The molecule has 0 saturated carbocycles. The standard InChI is InChI=1S/C15H14BrNO3/c1-15(2)6-8(7-16)9-4-5-10(20-3)11-12(9)17(15)14(19)13(11)18/h4-6H,7H2,1-3H3. The number of ether oxygens (including phenoxy) is 1. The number of hydrogen-bond acceptors (Lipinski definition) is 3. The molecule has 0 aliphatic carbocycles. The number of carbonyl (C=O) groups is 2. The second-order valence-corrected chi connectivity index (χ2v) is 6.03. The Morgan fingerprint density at radius 2 is 2.00 bits per heavy atom. The molecule has 1 amide bonds. The van der Waals surface area contributed by atoms with Gasteiger partial charge in [0.2, 0.25) is 0 Å². The van der Waals surface area contributed by atoms with Gasteiger partial charge in [-0.15, -0.1) is 0 Å². The maximum absolute atomic E-state index is 12.3. The third-order valence-corrected chi connectivity index (χ3v) is 4.41. The van der Waals surface area contributed by atoms with E-state index < -0.39 is 17.2 Å². The van der Waals surface area contributed by atoms with Crippen molar-refractivity contribution in [3.8, 4) is 5.75 Å². The second-order valence-electron chi connectivity index (χ2n) is 5.47. The van der Waals surface area contributed by atoms with Gasteiger partial charge in [-0.3, -0.25) is 14.5 Å². The van der Waals surface area contributed by atoms with Crippen molar-refractivity contribution in [2.24, 2.45) is 0 Å². The van der Waals surface area contributed by atoms with Crippen LogP contribution in [0.4, 0.5) is 5.69 Å². The number of halogens is 1. The Kier molecular flexibility index (Phi) is 2.80. The topological polar surface area (TPSA) is 46.6 Å². The number of ketones is 1. The van der Waals surface area contributed by atoms with E-state index in [0.29, 0.717) is 22.3 Å². The van der Waals surface area contributed by atoms with Gasteiger partial charge in [0, 0.05) is 10.9 Å². The number of rotatable bonds is 2. The van der Waals surface area contributed by atoms with E-state index in [1.807, 2.05) is 26.0 Å². The molecule has 2 aliphatic rings. The van der Waals surface area contributed by atoms with Crippen LogP contribution >= 0.6 is 15.9 Å². The zero-order valence-corrected chi connectivity index (χ0v) is 13.1. The molecular formula is C15H14BrNO3. The summed E-state index contributed by atoms with van der Waals surface area (Å²) in [6.07, 6.45) is 2.02. The van der Waals surface area contributed by atoms with Gasteiger partial charge in [-0.2, -0.15) is 0 Å². The van der Waals surface area contributed by atoms with Gasteiger partial charge in [-0.05, 0) is 31.6 Å². The lowest BCUT2D eigenvalue weighted by Crippen LogP contribution is -2.47. The van der Waals surface area contributed by atoms with Gasteiger partial charge >= 0.3 is 0 Å². The van der Waals surface area contributed by atoms with Crippen LogP contribution < -0.4 is 9.64 Å². The molecule has 0 N–H and O–H groups in total. The first-order valence-electron chi connectivity index (χ1n) is 6.30. The molecule has 2 heterocycles. The molecule has 0 unspecified atom stereocenters. The van der Waals surface area contributed by atoms with Gasteiger partial charge < -0.3 is 4.74 Å². The minimum Gasteiger partial charge on any atom is -0.496 e. The Morgan fingerprint density at radius 3 is 2.60 bits per heavy atom. The van der Waals surface area contributed by atoms with Crippen LogP contribution in [0.3, 0.4) is 0 Å². The van der Waals surface area contributed by atoms with Gasteiger partial charge in [-0.1, -0.05) is 22.0 Å². The van der Waals surface area contributed by atoms with Gasteiger partial charge in [0.1, 0.15) is 5.75 Å². The summed E-state index contributed by atoms with van der Waals surface area (Å²) in [6, 6.07) is 3.65. The number of amides is 1. The quantitative estimate of drug-likeness (QED) is 0.616. The Bertz CT molecular complexity index is 676. The predicted octanol–water partition coefficient (Wildman–Crippen LogP) is 2.80. The summed E-state index contributed by atoms with van der Waals surface area (Å²) < 4.78 is 5.25. The van der Waals surface area contributed by atoms with Crippen LogP contribution in [0.2, 0.25) is 0 Å². The van der Waals surface area contributed by atoms with Crippen molar-refractivity contribution in [1.82, 2.24) is 0 Å². The summed E-state index contributed by atoms with van der Waals surface area (Å²) in [7, 11) is 1.51. The zero-order chi connectivity index (χ0) is 14.7. The lowest BCUT2D eigenvalue weighted by molar-refractivity contribution is -0.115. The third-order valence-electron chi connectivity index (χ3n) is 3.80. The lowest BCUT2D eigenvalue weighted by atomic mass is 9.89. The van der Waals surface area contributed by atoms with Crippen LogP contribution in [0.5, 0.6) is 5.75 Å². The van der Waals surface area contributed by atoms with E-state index in [1.54, 1.807) is 11.0 Å². The highest BCUT2D eigenvalue weighted by atomic mass is 79.9. The average molecular weight is 336 g/mol. The maximum atomic E-state index is 12.3. The third kappa shape index (κ3) is 1.53. The molecule has 1 aromatic rings. The van der Waals surface area contributed by atoms with Crippen molar-refractivity contribution in [3.63, 3.8) is 0 Å². The molecule has 2 aliphatic heterocycles. The zero-order valence-electron chi connectivity index (χ0n) is 11.5. The Hall–Kier alpha value is -1.62. The smallest absolute Gasteiger partial charge is 0.300 e. The number of nitrogens with zero attached hydrogens (tertiary/aromatic N) is 1. The number of Topliss-reactive ketones (excluding diaryl/α,β-unsaturated/α-hetero) is 1. The van der Waals surface area contributed by atoms with Crippen LogP contribution in [0, 0.1) is 0 Å². The molecule has 0 fully saturated rings. The highest BCUT2D eigenvalue weighted by Crippen LogP contribution is 2.48. The molecule has 0 saturated heterocycles. The van der Waals surface area contributed by atoms with Crippen LogP contribution in [-0.4, -0.2) is 29.7 Å². The van der Waals surface area contributed by atoms with Gasteiger partial charge in [-0.25, -0.2) is 0 Å². The number of anilines is 1. The summed E-state index contributed by atoms with van der Waals surface area (Å²) in [4.78, 5) is 26.2. The summed E-state index contributed by atoms with van der Waals surface area (Å²) in [5.74, 6) is -0.521. The molecule has 0 radical (unpaired) electrons. The summed E-state index contributed by atoms with van der Waals surface area (Å²) in [6.45, 7) is 3.86. The van der Waals surface area contributed by atoms with Crippen LogP contribution in [0.15, 0.2) is 18.2 Å². The van der Waals surface area contributed by atoms with Crippen molar-refractivity contribution in [1.29, 1.82) is 0 Å². The molecule has 4 nitrogen and oxygen atoms in total. The molecule has 104 valence electrons. The lowest BCUT2D eigenvalue weighted by Gasteiger charge is -2.38.